The minimum absolute atomic E-state index is 0.533. The van der Waals surface area contributed by atoms with Crippen molar-refractivity contribution < 1.29 is 4.74 Å². The minimum Gasteiger partial charge on any atom is -0.489 e. The summed E-state index contributed by atoms with van der Waals surface area (Å²) in [7, 11) is 0. The van der Waals surface area contributed by atoms with E-state index < -0.39 is 0 Å². The van der Waals surface area contributed by atoms with E-state index >= 15 is 0 Å². The maximum atomic E-state index is 5.79. The molecule has 0 amide bonds. The molecule has 0 heterocycles. The predicted molar refractivity (Wildman–Crippen MR) is 78.8 cm³/mol. The molecule has 18 heavy (non-hydrogen) atoms. The van der Waals surface area contributed by atoms with Gasteiger partial charge in [-0.1, -0.05) is 28.1 Å². The molecule has 0 unspecified atom stereocenters. The highest BCUT2D eigenvalue weighted by Crippen LogP contribution is 2.26. The van der Waals surface area contributed by atoms with Crippen LogP contribution in [0.4, 0.5) is 5.69 Å². The Morgan fingerprint density at radius 3 is 2.39 bits per heavy atom. The molecule has 0 radical (unpaired) electrons. The first-order chi connectivity index (χ1) is 8.56. The second-order valence-corrected chi connectivity index (χ2v) is 5.20. The number of benzene rings is 2. The van der Waals surface area contributed by atoms with Crippen LogP contribution in [0.2, 0.25) is 0 Å². The smallest absolute Gasteiger partial charge is 0.120 e. The van der Waals surface area contributed by atoms with Crippen molar-refractivity contribution in [2.75, 3.05) is 5.73 Å². The molecule has 0 atom stereocenters. The van der Waals surface area contributed by atoms with Gasteiger partial charge in [-0.25, -0.2) is 0 Å². The summed E-state index contributed by atoms with van der Waals surface area (Å²) < 4.78 is 6.93. The van der Waals surface area contributed by atoms with Crippen LogP contribution in [0.25, 0.3) is 0 Å². The van der Waals surface area contributed by atoms with Gasteiger partial charge in [-0.2, -0.15) is 0 Å². The molecule has 0 bridgehead atoms. The maximum absolute atomic E-state index is 5.79. The van der Waals surface area contributed by atoms with Crippen molar-refractivity contribution in [3.63, 3.8) is 0 Å². The van der Waals surface area contributed by atoms with E-state index in [1.165, 1.54) is 11.1 Å². The summed E-state index contributed by atoms with van der Waals surface area (Å²) in [5.41, 5.74) is 9.93. The molecule has 0 aliphatic rings. The van der Waals surface area contributed by atoms with Crippen LogP contribution in [0.5, 0.6) is 5.75 Å². The number of ether oxygens (including phenoxy) is 1. The quantitative estimate of drug-likeness (QED) is 0.861. The Morgan fingerprint density at radius 2 is 1.78 bits per heavy atom. The Labute approximate surface area is 116 Å². The molecule has 2 aromatic carbocycles. The number of aryl methyl sites for hydroxylation is 2. The first kappa shape index (κ1) is 13.0. The first-order valence-corrected chi connectivity index (χ1v) is 6.59. The summed E-state index contributed by atoms with van der Waals surface area (Å²) in [4.78, 5) is 0. The zero-order valence-corrected chi connectivity index (χ0v) is 12.1. The molecule has 2 nitrogen and oxygen atoms in total. The number of hydrogen-bond donors (Lipinski definition) is 1. The second kappa shape index (κ2) is 5.44. The molecule has 0 saturated heterocycles. The Morgan fingerprint density at radius 1 is 1.11 bits per heavy atom. The molecular weight excluding hydrogens is 290 g/mol. The lowest BCUT2D eigenvalue weighted by atomic mass is 10.1. The number of anilines is 1. The molecule has 0 saturated carbocycles. The van der Waals surface area contributed by atoms with E-state index in [4.69, 9.17) is 10.5 Å². The summed E-state index contributed by atoms with van der Waals surface area (Å²) in [6.07, 6.45) is 0. The van der Waals surface area contributed by atoms with Crippen LogP contribution in [0.1, 0.15) is 16.7 Å². The molecule has 0 spiro atoms. The fourth-order valence-electron chi connectivity index (χ4n) is 1.84. The van der Waals surface area contributed by atoms with Crippen LogP contribution in [0, 0.1) is 13.8 Å². The van der Waals surface area contributed by atoms with Gasteiger partial charge in [0.2, 0.25) is 0 Å². The highest BCUT2D eigenvalue weighted by molar-refractivity contribution is 9.10. The van der Waals surface area contributed by atoms with Crippen molar-refractivity contribution >= 4 is 21.6 Å². The number of hydrogen-bond acceptors (Lipinski definition) is 2. The van der Waals surface area contributed by atoms with Gasteiger partial charge in [0.05, 0.1) is 0 Å². The minimum atomic E-state index is 0.533. The topological polar surface area (TPSA) is 35.2 Å². The second-order valence-electron chi connectivity index (χ2n) is 4.40. The molecule has 0 aliphatic carbocycles. The van der Waals surface area contributed by atoms with Crippen molar-refractivity contribution in [1.82, 2.24) is 0 Å². The molecule has 2 aromatic rings. The van der Waals surface area contributed by atoms with Gasteiger partial charge in [-0.05, 0) is 54.8 Å². The molecule has 2 rings (SSSR count). The summed E-state index contributed by atoms with van der Waals surface area (Å²) in [6.45, 7) is 4.65. The largest absolute Gasteiger partial charge is 0.489 e. The third kappa shape index (κ3) is 3.05. The fraction of sp³-hybridized carbons (Fsp3) is 0.200. The third-order valence-corrected chi connectivity index (χ3v) is 4.02. The summed E-state index contributed by atoms with van der Waals surface area (Å²) in [5.74, 6) is 0.885. The van der Waals surface area contributed by atoms with Crippen molar-refractivity contribution in [1.29, 1.82) is 0 Å². The molecule has 0 aliphatic heterocycles. The number of rotatable bonds is 3. The van der Waals surface area contributed by atoms with Crippen molar-refractivity contribution in [2.45, 2.75) is 20.5 Å². The monoisotopic (exact) mass is 305 g/mol. The normalized spacial score (nSPS) is 10.4. The lowest BCUT2D eigenvalue weighted by Gasteiger charge is -2.10. The van der Waals surface area contributed by atoms with Crippen LogP contribution in [-0.2, 0) is 6.61 Å². The Bertz CT molecular complexity index is 543. The zero-order valence-electron chi connectivity index (χ0n) is 10.5. The number of nitrogens with two attached hydrogens (primary N) is 1. The van der Waals surface area contributed by atoms with Crippen LogP contribution in [-0.4, -0.2) is 0 Å². The van der Waals surface area contributed by atoms with Crippen molar-refractivity contribution in [3.8, 4) is 5.75 Å². The van der Waals surface area contributed by atoms with Crippen molar-refractivity contribution in [3.05, 3.63) is 57.6 Å². The number of halogens is 1. The zero-order chi connectivity index (χ0) is 13.1. The van der Waals surface area contributed by atoms with E-state index in [0.29, 0.717) is 6.61 Å². The van der Waals surface area contributed by atoms with E-state index in [1.807, 2.05) is 36.4 Å². The van der Waals surface area contributed by atoms with Gasteiger partial charge in [-0.15, -0.1) is 0 Å². The van der Waals surface area contributed by atoms with E-state index in [9.17, 15) is 0 Å². The van der Waals surface area contributed by atoms with Gasteiger partial charge in [0.1, 0.15) is 12.4 Å². The Balaban J connectivity index is 2.11. The van der Waals surface area contributed by atoms with Gasteiger partial charge in [0, 0.05) is 10.2 Å². The SMILES string of the molecule is Cc1cc(OCc2cccc(N)c2)cc(C)c1Br. The lowest BCUT2D eigenvalue weighted by molar-refractivity contribution is 0.306. The highest BCUT2D eigenvalue weighted by Gasteiger charge is 2.03. The Kier molecular flexibility index (Phi) is 3.92. The van der Waals surface area contributed by atoms with Gasteiger partial charge < -0.3 is 10.5 Å². The van der Waals surface area contributed by atoms with Crippen molar-refractivity contribution in [2.24, 2.45) is 0 Å². The highest BCUT2D eigenvalue weighted by atomic mass is 79.9. The van der Waals surface area contributed by atoms with Gasteiger partial charge in [0.25, 0.3) is 0 Å². The standard InChI is InChI=1S/C15H16BrNO/c1-10-6-14(7-11(2)15(10)16)18-9-12-4-3-5-13(17)8-12/h3-8H,9,17H2,1-2H3. The average Bonchev–Trinajstić information content (AvgIpc) is 2.33. The van der Waals surface area contributed by atoms with E-state index in [2.05, 4.69) is 29.8 Å². The van der Waals surface area contributed by atoms with Crippen LogP contribution >= 0.6 is 15.9 Å². The van der Waals surface area contributed by atoms with E-state index in [-0.39, 0.29) is 0 Å². The molecule has 0 aromatic heterocycles. The average molecular weight is 306 g/mol. The maximum Gasteiger partial charge on any atom is 0.120 e. The fourth-order valence-corrected chi connectivity index (χ4v) is 2.07. The summed E-state index contributed by atoms with van der Waals surface area (Å²) in [6, 6.07) is 11.8. The Hall–Kier alpha value is -1.48. The predicted octanol–water partition coefficient (Wildman–Crippen LogP) is 4.23. The molecule has 94 valence electrons. The van der Waals surface area contributed by atoms with Crippen LogP contribution in [0.15, 0.2) is 40.9 Å². The summed E-state index contributed by atoms with van der Waals surface area (Å²) in [5, 5.41) is 0. The molecular formula is C15H16BrNO. The van der Waals surface area contributed by atoms with Gasteiger partial charge >= 0.3 is 0 Å². The molecule has 2 N–H and O–H groups in total. The molecule has 3 heteroatoms. The van der Waals surface area contributed by atoms with E-state index in [1.54, 1.807) is 0 Å². The molecule has 0 fully saturated rings. The lowest BCUT2D eigenvalue weighted by Crippen LogP contribution is -1.97. The summed E-state index contributed by atoms with van der Waals surface area (Å²) >= 11 is 3.55. The van der Waals surface area contributed by atoms with E-state index in [0.717, 1.165) is 21.5 Å². The number of nitrogen functional groups attached to an aromatic ring is 1. The third-order valence-electron chi connectivity index (χ3n) is 2.77. The van der Waals surface area contributed by atoms with Gasteiger partial charge in [0.15, 0.2) is 0 Å². The van der Waals surface area contributed by atoms with Crippen LogP contribution in [0.3, 0.4) is 0 Å². The first-order valence-electron chi connectivity index (χ1n) is 5.80. The van der Waals surface area contributed by atoms with Crippen LogP contribution < -0.4 is 10.5 Å². The van der Waals surface area contributed by atoms with Gasteiger partial charge in [-0.3, -0.25) is 0 Å².